The predicted molar refractivity (Wildman–Crippen MR) is 109 cm³/mol. The average molecular weight is 392 g/mol. The Morgan fingerprint density at radius 1 is 0.963 bits per heavy atom. The van der Waals surface area contributed by atoms with E-state index in [1.165, 1.54) is 25.7 Å². The Morgan fingerprint density at radius 3 is 2.15 bits per heavy atom. The van der Waals surface area contributed by atoms with E-state index < -0.39 is 0 Å². The summed E-state index contributed by atoms with van der Waals surface area (Å²) in [5.41, 5.74) is 0. The quantitative estimate of drug-likeness (QED) is 0.718. The Hall–Kier alpha value is -1.24. The molecule has 7 heteroatoms. The summed E-state index contributed by atoms with van der Waals surface area (Å²) in [6, 6.07) is 0.523. The van der Waals surface area contributed by atoms with Gasteiger partial charge >= 0.3 is 0 Å². The van der Waals surface area contributed by atoms with Crippen LogP contribution in [-0.2, 0) is 4.79 Å². The van der Waals surface area contributed by atoms with Crippen molar-refractivity contribution in [3.8, 4) is 0 Å². The molecule has 1 saturated carbocycles. The zero-order valence-corrected chi connectivity index (χ0v) is 17.7. The number of carbonyl (C=O) groups is 1. The first-order chi connectivity index (χ1) is 13.0. The van der Waals surface area contributed by atoms with Crippen molar-refractivity contribution in [3.05, 3.63) is 0 Å². The number of hydrogen-bond donors (Lipinski definition) is 0. The second-order valence-electron chi connectivity index (χ2n) is 8.82. The lowest BCUT2D eigenvalue weighted by Crippen LogP contribution is -2.41. The summed E-state index contributed by atoms with van der Waals surface area (Å²) < 4.78 is 2.32. The van der Waals surface area contributed by atoms with E-state index in [1.54, 1.807) is 11.8 Å². The molecule has 1 atom stereocenters. The second-order valence-corrected chi connectivity index (χ2v) is 10.1. The van der Waals surface area contributed by atoms with Crippen molar-refractivity contribution in [3.63, 3.8) is 0 Å². The maximum absolute atomic E-state index is 12.9. The average Bonchev–Trinajstić information content (AvgIpc) is 3.43. The van der Waals surface area contributed by atoms with Crippen LogP contribution < -0.4 is 4.90 Å². The van der Waals surface area contributed by atoms with Gasteiger partial charge in [-0.25, -0.2) is 0 Å². The molecule has 1 aliphatic carbocycles. The second kappa shape index (κ2) is 8.02. The van der Waals surface area contributed by atoms with Gasteiger partial charge in [0, 0.05) is 32.2 Å². The summed E-state index contributed by atoms with van der Waals surface area (Å²) in [7, 11) is 0. The lowest BCUT2D eigenvalue weighted by Gasteiger charge is -2.32. The minimum Gasteiger partial charge on any atom is -0.342 e. The number of hydrogen-bond acceptors (Lipinski definition) is 5. The molecule has 27 heavy (non-hydrogen) atoms. The fraction of sp³-hybridized carbons (Fsp3) is 0.850. The van der Waals surface area contributed by atoms with E-state index in [0.717, 1.165) is 62.0 Å². The van der Waals surface area contributed by atoms with Gasteiger partial charge in [0.15, 0.2) is 5.16 Å². The molecule has 6 nitrogen and oxygen atoms in total. The van der Waals surface area contributed by atoms with Crippen LogP contribution >= 0.6 is 11.8 Å². The van der Waals surface area contributed by atoms with Crippen LogP contribution in [-0.4, -0.2) is 57.0 Å². The van der Waals surface area contributed by atoms with Crippen molar-refractivity contribution < 1.29 is 4.79 Å². The van der Waals surface area contributed by atoms with Crippen LogP contribution in [0.15, 0.2) is 5.16 Å². The number of aromatic nitrogens is 3. The molecular formula is C20H33N5OS. The lowest BCUT2D eigenvalue weighted by atomic mass is 9.99. The zero-order chi connectivity index (χ0) is 19.0. The van der Waals surface area contributed by atoms with E-state index in [9.17, 15) is 4.79 Å². The molecule has 4 rings (SSSR count). The van der Waals surface area contributed by atoms with Crippen molar-refractivity contribution >= 4 is 23.6 Å². The van der Waals surface area contributed by atoms with Crippen molar-refractivity contribution in [1.82, 2.24) is 19.7 Å². The van der Waals surface area contributed by atoms with Gasteiger partial charge in [0.05, 0.1) is 5.25 Å². The van der Waals surface area contributed by atoms with Gasteiger partial charge in [0.2, 0.25) is 11.9 Å². The fourth-order valence-electron chi connectivity index (χ4n) is 4.12. The highest BCUT2D eigenvalue weighted by molar-refractivity contribution is 8.00. The van der Waals surface area contributed by atoms with Crippen molar-refractivity contribution in [2.45, 2.75) is 75.7 Å². The summed E-state index contributed by atoms with van der Waals surface area (Å²) in [6.07, 6.45) is 7.10. The molecule has 0 radical (unpaired) electrons. The molecule has 3 aliphatic rings. The molecule has 1 amide bonds. The number of carbonyl (C=O) groups excluding carboxylic acids is 1. The Balaban J connectivity index is 1.45. The highest BCUT2D eigenvalue weighted by Gasteiger charge is 2.34. The Morgan fingerprint density at radius 2 is 1.56 bits per heavy atom. The topological polar surface area (TPSA) is 54.3 Å². The van der Waals surface area contributed by atoms with Gasteiger partial charge in [-0.3, -0.25) is 9.36 Å². The molecule has 3 heterocycles. The highest BCUT2D eigenvalue weighted by Crippen LogP contribution is 2.42. The molecule has 2 saturated heterocycles. The number of piperidine rings is 2. The van der Waals surface area contributed by atoms with Crippen LogP contribution in [0.4, 0.5) is 5.95 Å². The van der Waals surface area contributed by atoms with E-state index >= 15 is 0 Å². The molecule has 0 N–H and O–H groups in total. The van der Waals surface area contributed by atoms with Gasteiger partial charge in [-0.1, -0.05) is 25.6 Å². The van der Waals surface area contributed by atoms with Crippen LogP contribution in [0.25, 0.3) is 0 Å². The smallest absolute Gasteiger partial charge is 0.235 e. The van der Waals surface area contributed by atoms with E-state index in [4.69, 9.17) is 0 Å². The third-order valence-electron chi connectivity index (χ3n) is 6.35. The lowest BCUT2D eigenvalue weighted by molar-refractivity contribution is -0.131. The first kappa shape index (κ1) is 19.1. The first-order valence-corrected chi connectivity index (χ1v) is 11.6. The molecule has 3 fully saturated rings. The number of amides is 1. The zero-order valence-electron chi connectivity index (χ0n) is 16.9. The highest BCUT2D eigenvalue weighted by atomic mass is 32.2. The number of rotatable bonds is 5. The van der Waals surface area contributed by atoms with Gasteiger partial charge in [-0.05, 0) is 57.3 Å². The van der Waals surface area contributed by atoms with E-state index in [-0.39, 0.29) is 11.2 Å². The van der Waals surface area contributed by atoms with Crippen LogP contribution in [0.2, 0.25) is 0 Å². The predicted octanol–water partition coefficient (Wildman–Crippen LogP) is 3.59. The molecular weight excluding hydrogens is 358 g/mol. The van der Waals surface area contributed by atoms with Gasteiger partial charge in [-0.15, -0.1) is 10.2 Å². The summed E-state index contributed by atoms with van der Waals surface area (Å²) in [4.78, 5) is 17.3. The number of anilines is 1. The van der Waals surface area contributed by atoms with Gasteiger partial charge < -0.3 is 9.80 Å². The number of likely N-dealkylation sites (tertiary alicyclic amines) is 1. The Bertz CT molecular complexity index is 657. The monoisotopic (exact) mass is 391 g/mol. The van der Waals surface area contributed by atoms with Gasteiger partial charge in [0.25, 0.3) is 0 Å². The molecule has 0 bridgehead atoms. The first-order valence-electron chi connectivity index (χ1n) is 10.7. The molecule has 1 aromatic heterocycles. The standard InChI is InChI=1S/C20H33N5OS/c1-14-6-10-23(11-7-14)18(26)16(3)27-20-22-21-19(25(20)17-4-5-17)24-12-8-15(2)9-13-24/h14-17H,4-13H2,1-3H3. The largest absolute Gasteiger partial charge is 0.342 e. The van der Waals surface area contributed by atoms with Crippen LogP contribution in [0, 0.1) is 11.8 Å². The Labute approximate surface area is 167 Å². The maximum Gasteiger partial charge on any atom is 0.235 e. The summed E-state index contributed by atoms with van der Waals surface area (Å²) in [5, 5.41) is 9.89. The molecule has 1 unspecified atom stereocenters. The Kier molecular flexibility index (Phi) is 5.67. The molecule has 0 spiro atoms. The number of thioether (sulfide) groups is 1. The maximum atomic E-state index is 12.9. The summed E-state index contributed by atoms with van der Waals surface area (Å²) >= 11 is 1.60. The minimum absolute atomic E-state index is 0.102. The van der Waals surface area contributed by atoms with E-state index in [0.29, 0.717) is 6.04 Å². The third kappa shape index (κ3) is 4.28. The fourth-order valence-corrected chi connectivity index (χ4v) is 5.12. The normalized spacial score (nSPS) is 23.7. The molecule has 1 aromatic rings. The van der Waals surface area contributed by atoms with Crippen LogP contribution in [0.1, 0.15) is 65.3 Å². The summed E-state index contributed by atoms with van der Waals surface area (Å²) in [6.45, 7) is 10.6. The molecule has 2 aliphatic heterocycles. The van der Waals surface area contributed by atoms with Crippen molar-refractivity contribution in [2.75, 3.05) is 31.1 Å². The number of nitrogens with zero attached hydrogens (tertiary/aromatic N) is 5. The van der Waals surface area contributed by atoms with Crippen LogP contribution in [0.3, 0.4) is 0 Å². The SMILES string of the molecule is CC1CCN(C(=O)C(C)Sc2nnc(N3CCC(C)CC3)n2C2CC2)CC1. The van der Waals surface area contributed by atoms with Gasteiger partial charge in [0.1, 0.15) is 0 Å². The summed E-state index contributed by atoms with van der Waals surface area (Å²) in [5.74, 6) is 2.83. The van der Waals surface area contributed by atoms with Crippen LogP contribution in [0.5, 0.6) is 0 Å². The van der Waals surface area contributed by atoms with E-state index in [2.05, 4.69) is 33.5 Å². The van der Waals surface area contributed by atoms with Gasteiger partial charge in [-0.2, -0.15) is 0 Å². The van der Waals surface area contributed by atoms with Crippen molar-refractivity contribution in [2.24, 2.45) is 11.8 Å². The van der Waals surface area contributed by atoms with Crippen molar-refractivity contribution in [1.29, 1.82) is 0 Å². The molecule has 150 valence electrons. The third-order valence-corrected chi connectivity index (χ3v) is 7.39. The minimum atomic E-state index is -0.102. The van der Waals surface area contributed by atoms with E-state index in [1.807, 2.05) is 11.8 Å². The molecule has 0 aromatic carbocycles.